The second-order valence-electron chi connectivity index (χ2n) is 4.94. The smallest absolute Gasteiger partial charge is 0.294 e. The van der Waals surface area contributed by atoms with Crippen LogP contribution in [0.2, 0.25) is 0 Å². The molecular formula is C16H17NO6S. The Bertz CT molecular complexity index is 854. The van der Waals surface area contributed by atoms with E-state index in [2.05, 4.69) is 5.32 Å². The van der Waals surface area contributed by atoms with Crippen LogP contribution in [0.15, 0.2) is 41.3 Å². The molecule has 0 aliphatic rings. The van der Waals surface area contributed by atoms with Crippen LogP contribution in [0.5, 0.6) is 11.5 Å². The second kappa shape index (κ2) is 6.90. The van der Waals surface area contributed by atoms with Crippen LogP contribution in [0.3, 0.4) is 0 Å². The molecule has 0 aliphatic carbocycles. The van der Waals surface area contributed by atoms with Gasteiger partial charge < -0.3 is 14.8 Å². The molecule has 0 fully saturated rings. The topological polar surface area (TPSA) is 102 Å². The number of benzene rings is 2. The highest BCUT2D eigenvalue weighted by Crippen LogP contribution is 2.29. The minimum Gasteiger partial charge on any atom is -0.496 e. The Kier molecular flexibility index (Phi) is 5.10. The van der Waals surface area contributed by atoms with Crippen LogP contribution in [0.1, 0.15) is 15.9 Å². The first-order valence-electron chi connectivity index (χ1n) is 6.88. The van der Waals surface area contributed by atoms with Gasteiger partial charge in [0.1, 0.15) is 17.1 Å². The molecule has 0 spiro atoms. The van der Waals surface area contributed by atoms with Gasteiger partial charge in [0.2, 0.25) is 0 Å². The van der Waals surface area contributed by atoms with Crippen molar-refractivity contribution in [2.45, 2.75) is 11.8 Å². The fourth-order valence-electron chi connectivity index (χ4n) is 2.20. The normalized spacial score (nSPS) is 11.0. The molecule has 0 radical (unpaired) electrons. The van der Waals surface area contributed by atoms with E-state index in [-0.39, 0.29) is 10.5 Å². The Morgan fingerprint density at radius 1 is 1.08 bits per heavy atom. The van der Waals surface area contributed by atoms with Gasteiger partial charge in [0.25, 0.3) is 16.0 Å². The zero-order chi connectivity index (χ0) is 17.9. The zero-order valence-corrected chi connectivity index (χ0v) is 14.2. The molecule has 1 amide bonds. The minimum absolute atomic E-state index is 0.223. The average Bonchev–Trinajstić information content (AvgIpc) is 2.54. The molecule has 0 bridgehead atoms. The molecule has 0 saturated carbocycles. The van der Waals surface area contributed by atoms with Gasteiger partial charge in [0, 0.05) is 5.69 Å². The van der Waals surface area contributed by atoms with Crippen LogP contribution in [-0.2, 0) is 10.1 Å². The summed E-state index contributed by atoms with van der Waals surface area (Å²) in [7, 11) is -1.41. The van der Waals surface area contributed by atoms with Crippen molar-refractivity contribution < 1.29 is 27.2 Å². The highest BCUT2D eigenvalue weighted by Gasteiger charge is 2.19. The third-order valence-electron chi connectivity index (χ3n) is 3.40. The van der Waals surface area contributed by atoms with E-state index >= 15 is 0 Å². The van der Waals surface area contributed by atoms with Gasteiger partial charge >= 0.3 is 0 Å². The van der Waals surface area contributed by atoms with Crippen molar-refractivity contribution in [1.29, 1.82) is 0 Å². The molecule has 2 N–H and O–H groups in total. The molecule has 0 saturated heterocycles. The Labute approximate surface area is 140 Å². The predicted octanol–water partition coefficient (Wildman–Crippen LogP) is 2.51. The number of anilines is 1. The summed E-state index contributed by atoms with van der Waals surface area (Å²) < 4.78 is 41.7. The molecular weight excluding hydrogens is 334 g/mol. The van der Waals surface area contributed by atoms with Crippen LogP contribution in [0.25, 0.3) is 0 Å². The summed E-state index contributed by atoms with van der Waals surface area (Å²) in [4.78, 5) is 12.3. The number of methoxy groups -OCH3 is 2. The minimum atomic E-state index is -4.30. The molecule has 24 heavy (non-hydrogen) atoms. The second-order valence-corrected chi connectivity index (χ2v) is 6.36. The summed E-state index contributed by atoms with van der Waals surface area (Å²) in [6.45, 7) is 1.61. The quantitative estimate of drug-likeness (QED) is 0.803. The number of hydrogen-bond donors (Lipinski definition) is 2. The lowest BCUT2D eigenvalue weighted by Gasteiger charge is -2.14. The summed E-state index contributed by atoms with van der Waals surface area (Å²) in [6.07, 6.45) is 0. The van der Waals surface area contributed by atoms with E-state index in [4.69, 9.17) is 14.0 Å². The standard InChI is InChI=1S/C16H17NO6S/c1-10-9-11(24(19,20)21)7-8-12(10)17-16(18)15-13(22-2)5-4-6-14(15)23-3/h4-9H,1-3H3,(H,17,18)(H,19,20,21). The van der Waals surface area contributed by atoms with E-state index < -0.39 is 16.0 Å². The molecule has 2 rings (SSSR count). The summed E-state index contributed by atoms with van der Waals surface area (Å²) in [5, 5.41) is 2.68. The van der Waals surface area contributed by atoms with Gasteiger partial charge in [-0.3, -0.25) is 9.35 Å². The molecule has 2 aromatic carbocycles. The van der Waals surface area contributed by atoms with Gasteiger partial charge in [-0.2, -0.15) is 8.42 Å². The summed E-state index contributed by atoms with van der Waals surface area (Å²) >= 11 is 0. The number of carbonyl (C=O) groups excluding carboxylic acids is 1. The first kappa shape index (κ1) is 17.8. The van der Waals surface area contributed by atoms with E-state index in [0.29, 0.717) is 22.7 Å². The van der Waals surface area contributed by atoms with E-state index in [1.807, 2.05) is 0 Å². The maximum Gasteiger partial charge on any atom is 0.294 e. The lowest BCUT2D eigenvalue weighted by atomic mass is 10.1. The zero-order valence-electron chi connectivity index (χ0n) is 13.4. The van der Waals surface area contributed by atoms with Crippen LogP contribution < -0.4 is 14.8 Å². The third kappa shape index (κ3) is 3.66. The van der Waals surface area contributed by atoms with E-state index in [0.717, 1.165) is 0 Å². The van der Waals surface area contributed by atoms with E-state index in [9.17, 15) is 13.2 Å². The molecule has 0 atom stereocenters. The fraction of sp³-hybridized carbons (Fsp3) is 0.188. The lowest BCUT2D eigenvalue weighted by molar-refractivity contribution is 0.102. The van der Waals surface area contributed by atoms with Gasteiger partial charge in [-0.05, 0) is 42.8 Å². The summed E-state index contributed by atoms with van der Waals surface area (Å²) in [5.74, 6) is 0.227. The molecule has 0 unspecified atom stereocenters. The molecule has 7 nitrogen and oxygen atoms in total. The van der Waals surface area contributed by atoms with Crippen molar-refractivity contribution >= 4 is 21.7 Å². The van der Waals surface area contributed by atoms with Crippen LogP contribution in [0.4, 0.5) is 5.69 Å². The van der Waals surface area contributed by atoms with Gasteiger partial charge in [-0.1, -0.05) is 6.07 Å². The van der Waals surface area contributed by atoms with Crippen molar-refractivity contribution in [3.63, 3.8) is 0 Å². The monoisotopic (exact) mass is 351 g/mol. The highest BCUT2D eigenvalue weighted by atomic mass is 32.2. The molecule has 0 heterocycles. The third-order valence-corrected chi connectivity index (χ3v) is 4.25. The maximum absolute atomic E-state index is 12.6. The lowest BCUT2D eigenvalue weighted by Crippen LogP contribution is -2.15. The highest BCUT2D eigenvalue weighted by molar-refractivity contribution is 7.85. The summed E-state index contributed by atoms with van der Waals surface area (Å²) in [6, 6.07) is 8.83. The molecule has 128 valence electrons. The van der Waals surface area contributed by atoms with E-state index in [1.54, 1.807) is 25.1 Å². The van der Waals surface area contributed by atoms with Crippen molar-refractivity contribution in [1.82, 2.24) is 0 Å². The largest absolute Gasteiger partial charge is 0.496 e. The first-order valence-corrected chi connectivity index (χ1v) is 8.32. The number of hydrogen-bond acceptors (Lipinski definition) is 5. The SMILES string of the molecule is COc1cccc(OC)c1C(=O)Nc1ccc(S(=O)(=O)O)cc1C. The number of ether oxygens (including phenoxy) is 2. The molecule has 0 aliphatic heterocycles. The van der Waals surface area contributed by atoms with Gasteiger partial charge in [0.15, 0.2) is 0 Å². The van der Waals surface area contributed by atoms with Gasteiger partial charge in [0.05, 0.1) is 19.1 Å². The van der Waals surface area contributed by atoms with E-state index in [1.165, 1.54) is 32.4 Å². The fourth-order valence-corrected chi connectivity index (χ4v) is 2.76. The number of amides is 1. The van der Waals surface area contributed by atoms with Crippen LogP contribution >= 0.6 is 0 Å². The van der Waals surface area contributed by atoms with Gasteiger partial charge in [-0.15, -0.1) is 0 Å². The van der Waals surface area contributed by atoms with Crippen molar-refractivity contribution in [3.8, 4) is 11.5 Å². The van der Waals surface area contributed by atoms with Crippen molar-refractivity contribution in [3.05, 3.63) is 47.5 Å². The van der Waals surface area contributed by atoms with Crippen LogP contribution in [0, 0.1) is 6.92 Å². The number of carbonyl (C=O) groups is 1. The maximum atomic E-state index is 12.6. The first-order chi connectivity index (χ1) is 11.3. The molecule has 2 aromatic rings. The Morgan fingerprint density at radius 3 is 2.12 bits per heavy atom. The number of aryl methyl sites for hydroxylation is 1. The van der Waals surface area contributed by atoms with Gasteiger partial charge in [-0.25, -0.2) is 0 Å². The number of rotatable bonds is 5. The average molecular weight is 351 g/mol. The van der Waals surface area contributed by atoms with Crippen molar-refractivity contribution in [2.24, 2.45) is 0 Å². The summed E-state index contributed by atoms with van der Waals surface area (Å²) in [5.41, 5.74) is 1.11. The Morgan fingerprint density at radius 2 is 1.67 bits per heavy atom. The number of nitrogens with one attached hydrogen (secondary N) is 1. The Hall–Kier alpha value is -2.58. The van der Waals surface area contributed by atoms with Crippen LogP contribution in [-0.4, -0.2) is 33.1 Å². The predicted molar refractivity (Wildman–Crippen MR) is 88.5 cm³/mol. The molecule has 0 aromatic heterocycles. The van der Waals surface area contributed by atoms with Crippen molar-refractivity contribution in [2.75, 3.05) is 19.5 Å². The Balaban J connectivity index is 2.38. The molecule has 8 heteroatoms.